The molecule has 1 heterocycles. The molecule has 0 saturated carbocycles. The van der Waals surface area contributed by atoms with E-state index in [0.29, 0.717) is 34.2 Å². The summed E-state index contributed by atoms with van der Waals surface area (Å²) in [7, 11) is 1.56. The van der Waals surface area contributed by atoms with Crippen molar-refractivity contribution in [1.29, 1.82) is 0 Å². The van der Waals surface area contributed by atoms with Crippen molar-refractivity contribution in [3.63, 3.8) is 0 Å². The van der Waals surface area contributed by atoms with Gasteiger partial charge in [-0.25, -0.2) is 0 Å². The molecular weight excluding hydrogens is 510 g/mol. The van der Waals surface area contributed by atoms with Crippen LogP contribution < -0.4 is 20.3 Å². The fourth-order valence-electron chi connectivity index (χ4n) is 4.09. The summed E-state index contributed by atoms with van der Waals surface area (Å²) in [6, 6.07) is 17.4. The molecule has 2 aromatic carbocycles. The van der Waals surface area contributed by atoms with E-state index in [0.717, 1.165) is 12.0 Å². The van der Waals surface area contributed by atoms with E-state index in [9.17, 15) is 14.4 Å². The van der Waals surface area contributed by atoms with E-state index < -0.39 is 17.5 Å². The van der Waals surface area contributed by atoms with Gasteiger partial charge >= 0.3 is 0 Å². The molecule has 3 aromatic rings. The molecule has 2 atom stereocenters. The summed E-state index contributed by atoms with van der Waals surface area (Å²) in [5, 5.41) is 7.64. The summed E-state index contributed by atoms with van der Waals surface area (Å²) < 4.78 is 5.44. The second kappa shape index (κ2) is 13.4. The number of methoxy groups -OCH3 is 1. The van der Waals surface area contributed by atoms with Gasteiger partial charge in [-0.3, -0.25) is 19.3 Å². The van der Waals surface area contributed by atoms with Gasteiger partial charge in [-0.05, 0) is 79.4 Å². The minimum Gasteiger partial charge on any atom is -0.497 e. The van der Waals surface area contributed by atoms with Gasteiger partial charge in [-0.1, -0.05) is 51.1 Å². The van der Waals surface area contributed by atoms with Crippen LogP contribution in [-0.4, -0.2) is 36.9 Å². The highest BCUT2D eigenvalue weighted by molar-refractivity contribution is 7.12. The Morgan fingerprint density at radius 1 is 1.00 bits per heavy atom. The predicted octanol–water partition coefficient (Wildman–Crippen LogP) is 6.08. The lowest BCUT2D eigenvalue weighted by atomic mass is 9.96. The number of nitrogens with zero attached hydrogens (tertiary/aromatic N) is 1. The molecule has 3 amide bonds. The molecule has 0 bridgehead atoms. The molecule has 7 nitrogen and oxygen atoms in total. The highest BCUT2D eigenvalue weighted by Crippen LogP contribution is 2.32. The third-order valence-corrected chi connectivity index (χ3v) is 7.90. The number of hydrogen-bond acceptors (Lipinski definition) is 5. The predicted molar refractivity (Wildman–Crippen MR) is 158 cm³/mol. The van der Waals surface area contributed by atoms with Crippen molar-refractivity contribution < 1.29 is 19.1 Å². The Morgan fingerprint density at radius 2 is 1.72 bits per heavy atom. The maximum absolute atomic E-state index is 14.0. The summed E-state index contributed by atoms with van der Waals surface area (Å²) in [5.41, 5.74) is 1.82. The van der Waals surface area contributed by atoms with Gasteiger partial charge in [-0.2, -0.15) is 0 Å². The lowest BCUT2D eigenvalue weighted by Crippen LogP contribution is -2.52. The summed E-state index contributed by atoms with van der Waals surface area (Å²) in [6.07, 6.45) is 1.69. The van der Waals surface area contributed by atoms with Gasteiger partial charge in [0, 0.05) is 11.2 Å². The normalized spacial score (nSPS) is 12.8. The average Bonchev–Trinajstić information content (AvgIpc) is 3.49. The second-order valence-corrected chi connectivity index (χ2v) is 11.2. The molecule has 0 aliphatic carbocycles. The van der Waals surface area contributed by atoms with Gasteiger partial charge < -0.3 is 15.4 Å². The van der Waals surface area contributed by atoms with Gasteiger partial charge in [0.25, 0.3) is 5.91 Å². The van der Waals surface area contributed by atoms with Gasteiger partial charge in [0.05, 0.1) is 18.5 Å². The summed E-state index contributed by atoms with van der Waals surface area (Å²) in [5.74, 6) is -0.130. The minimum atomic E-state index is -0.994. The highest BCUT2D eigenvalue weighted by Gasteiger charge is 2.35. The van der Waals surface area contributed by atoms with Gasteiger partial charge in [0.15, 0.2) is 0 Å². The maximum atomic E-state index is 14.0. The Hall–Kier alpha value is -3.65. The lowest BCUT2D eigenvalue weighted by molar-refractivity contribution is -0.127. The fraction of sp³-hybridized carbons (Fsp3) is 0.387. The Kier molecular flexibility index (Phi) is 10.3. The van der Waals surface area contributed by atoms with E-state index in [1.54, 1.807) is 42.8 Å². The van der Waals surface area contributed by atoms with Crippen molar-refractivity contribution >= 4 is 34.7 Å². The molecule has 39 heavy (non-hydrogen) atoms. The Bertz CT molecular complexity index is 1260. The number of hydrogen-bond donors (Lipinski definition) is 2. The standard InChI is InChI=1S/C31H39N3O4S/c1-7-21(3)22-14-16-24(17-15-22)34(27(35)20-32-29(36)26-13-10-18-39-26)28(30(37)33-31(4,5)8-2)23-11-9-12-25(19-23)38-6/h9-19,21,28H,7-8,20H2,1-6H3,(H,32,36)(H,33,37)/t21-,28+/m1/s1. The number of amides is 3. The minimum absolute atomic E-state index is 0.269. The van der Waals surface area contributed by atoms with Crippen LogP contribution in [0.1, 0.15) is 80.2 Å². The van der Waals surface area contributed by atoms with Gasteiger partial charge in [0.2, 0.25) is 11.8 Å². The Balaban J connectivity index is 2.08. The van der Waals surface area contributed by atoms with Crippen molar-refractivity contribution in [3.8, 4) is 5.75 Å². The van der Waals surface area contributed by atoms with Crippen LogP contribution in [-0.2, 0) is 9.59 Å². The van der Waals surface area contributed by atoms with E-state index in [4.69, 9.17) is 4.74 Å². The van der Waals surface area contributed by atoms with Crippen LogP contribution in [0.25, 0.3) is 0 Å². The smallest absolute Gasteiger partial charge is 0.261 e. The van der Waals surface area contributed by atoms with E-state index >= 15 is 0 Å². The van der Waals surface area contributed by atoms with Crippen LogP contribution in [0.5, 0.6) is 5.75 Å². The van der Waals surface area contributed by atoms with Crippen molar-refractivity contribution in [1.82, 2.24) is 10.6 Å². The molecular formula is C31H39N3O4S. The number of ether oxygens (including phenoxy) is 1. The molecule has 0 radical (unpaired) electrons. The third-order valence-electron chi connectivity index (χ3n) is 7.03. The Morgan fingerprint density at radius 3 is 2.31 bits per heavy atom. The number of carbonyl (C=O) groups excluding carboxylic acids is 3. The quantitative estimate of drug-likeness (QED) is 0.287. The van der Waals surface area contributed by atoms with Crippen molar-refractivity contribution in [2.75, 3.05) is 18.6 Å². The molecule has 3 rings (SSSR count). The second-order valence-electron chi connectivity index (χ2n) is 10.2. The molecule has 0 fully saturated rings. The van der Waals surface area contributed by atoms with Crippen LogP contribution in [0.4, 0.5) is 5.69 Å². The summed E-state index contributed by atoms with van der Waals surface area (Å²) in [6.45, 7) is 9.90. The number of rotatable bonds is 12. The van der Waals surface area contributed by atoms with Crippen molar-refractivity contribution in [2.24, 2.45) is 0 Å². The van der Waals surface area contributed by atoms with Crippen LogP contribution in [0.2, 0.25) is 0 Å². The number of benzene rings is 2. The number of nitrogens with one attached hydrogen (secondary N) is 2. The zero-order valence-corrected chi connectivity index (χ0v) is 24.4. The first kappa shape index (κ1) is 29.9. The first-order valence-corrected chi connectivity index (χ1v) is 14.2. The third kappa shape index (κ3) is 7.69. The molecule has 0 saturated heterocycles. The largest absolute Gasteiger partial charge is 0.497 e. The van der Waals surface area contributed by atoms with E-state index in [2.05, 4.69) is 24.5 Å². The molecule has 1 aromatic heterocycles. The van der Waals surface area contributed by atoms with E-state index in [-0.39, 0.29) is 18.4 Å². The fourth-order valence-corrected chi connectivity index (χ4v) is 4.73. The number of thiophene rings is 1. The zero-order valence-electron chi connectivity index (χ0n) is 23.6. The molecule has 0 aliphatic heterocycles. The molecule has 2 N–H and O–H groups in total. The molecule has 208 valence electrons. The Labute approximate surface area is 235 Å². The van der Waals surface area contributed by atoms with Crippen LogP contribution in [0, 0.1) is 0 Å². The molecule has 8 heteroatoms. The number of carbonyl (C=O) groups is 3. The molecule has 0 unspecified atom stereocenters. The van der Waals surface area contributed by atoms with Crippen LogP contribution in [0.3, 0.4) is 0 Å². The van der Waals surface area contributed by atoms with Crippen molar-refractivity contribution in [2.45, 2.75) is 65.0 Å². The molecule has 0 spiro atoms. The number of anilines is 1. The van der Waals surface area contributed by atoms with E-state index in [1.807, 2.05) is 51.1 Å². The summed E-state index contributed by atoms with van der Waals surface area (Å²) >= 11 is 1.30. The van der Waals surface area contributed by atoms with Crippen LogP contribution >= 0.6 is 11.3 Å². The van der Waals surface area contributed by atoms with Crippen LogP contribution in [0.15, 0.2) is 66.0 Å². The topological polar surface area (TPSA) is 87.7 Å². The molecule has 0 aliphatic rings. The summed E-state index contributed by atoms with van der Waals surface area (Å²) in [4.78, 5) is 42.5. The van der Waals surface area contributed by atoms with E-state index in [1.165, 1.54) is 16.2 Å². The zero-order chi connectivity index (χ0) is 28.6. The monoisotopic (exact) mass is 549 g/mol. The lowest BCUT2D eigenvalue weighted by Gasteiger charge is -2.35. The maximum Gasteiger partial charge on any atom is 0.261 e. The van der Waals surface area contributed by atoms with Gasteiger partial charge in [-0.15, -0.1) is 11.3 Å². The average molecular weight is 550 g/mol. The SMILES string of the molecule is CC[C@@H](C)c1ccc(N(C(=O)CNC(=O)c2cccs2)[C@H](C(=O)NC(C)(C)CC)c2cccc(OC)c2)cc1. The first-order chi connectivity index (χ1) is 18.6. The first-order valence-electron chi connectivity index (χ1n) is 13.3. The van der Waals surface area contributed by atoms with Gasteiger partial charge in [0.1, 0.15) is 11.8 Å². The highest BCUT2D eigenvalue weighted by atomic mass is 32.1. The van der Waals surface area contributed by atoms with Crippen molar-refractivity contribution in [3.05, 3.63) is 82.0 Å².